The summed E-state index contributed by atoms with van der Waals surface area (Å²) >= 11 is 0. The van der Waals surface area contributed by atoms with Gasteiger partial charge in [-0.25, -0.2) is 4.79 Å². The Hall–Kier alpha value is -2.38. The quantitative estimate of drug-likeness (QED) is 0.824. The number of rotatable bonds is 5. The van der Waals surface area contributed by atoms with Gasteiger partial charge in [0.1, 0.15) is 0 Å². The molecule has 0 radical (unpaired) electrons. The molecule has 0 aliphatic heterocycles. The van der Waals surface area contributed by atoms with Crippen LogP contribution >= 0.6 is 0 Å². The Balaban J connectivity index is 2.06. The first-order chi connectivity index (χ1) is 10.4. The Labute approximate surface area is 128 Å². The third kappa shape index (κ3) is 3.44. The number of hydrogen-bond donors (Lipinski definition) is 0. The molecule has 8 nitrogen and oxygen atoms in total. The van der Waals surface area contributed by atoms with Crippen molar-refractivity contribution >= 4 is 11.7 Å². The van der Waals surface area contributed by atoms with Gasteiger partial charge in [0.15, 0.2) is 5.82 Å². The average molecular weight is 307 g/mol. The number of amides is 1. The zero-order valence-corrected chi connectivity index (χ0v) is 13.3. The van der Waals surface area contributed by atoms with E-state index in [1.807, 2.05) is 0 Å². The van der Waals surface area contributed by atoms with E-state index in [0.717, 1.165) is 6.42 Å². The Bertz CT molecular complexity index is 719. The molecule has 0 fully saturated rings. The lowest BCUT2D eigenvalue weighted by atomic mass is 10.1. The number of carbonyl (C=O) groups excluding carboxylic acids is 1. The maximum atomic E-state index is 11.9. The summed E-state index contributed by atoms with van der Waals surface area (Å²) in [6.45, 7) is 4.75. The fourth-order valence-electron chi connectivity index (χ4n) is 1.89. The summed E-state index contributed by atoms with van der Waals surface area (Å²) in [5.41, 5.74) is 0.00462. The van der Waals surface area contributed by atoms with Gasteiger partial charge in [0.25, 0.3) is 5.56 Å². The van der Waals surface area contributed by atoms with E-state index in [-0.39, 0.29) is 17.8 Å². The maximum Gasteiger partial charge on any atom is 0.409 e. The van der Waals surface area contributed by atoms with E-state index < -0.39 is 6.09 Å². The number of aryl methyl sites for hydroxylation is 1. The molecular formula is C14H21N5O3. The van der Waals surface area contributed by atoms with Crippen LogP contribution in [0, 0.1) is 5.92 Å². The highest BCUT2D eigenvalue weighted by Crippen LogP contribution is 2.05. The summed E-state index contributed by atoms with van der Waals surface area (Å²) in [5.74, 6) is 0.991. The molecule has 2 rings (SSSR count). The maximum absolute atomic E-state index is 11.9. The summed E-state index contributed by atoms with van der Waals surface area (Å²) in [4.78, 5) is 25.2. The minimum absolute atomic E-state index is 0.217. The first kappa shape index (κ1) is 16.0. The highest BCUT2D eigenvalue weighted by Gasteiger charge is 2.16. The van der Waals surface area contributed by atoms with Gasteiger partial charge in [0.2, 0.25) is 5.65 Å². The molecule has 0 unspecified atom stereocenters. The van der Waals surface area contributed by atoms with E-state index in [4.69, 9.17) is 4.74 Å². The van der Waals surface area contributed by atoms with Crippen LogP contribution in [0.2, 0.25) is 0 Å². The number of ether oxygens (including phenoxy) is 1. The monoisotopic (exact) mass is 307 g/mol. The summed E-state index contributed by atoms with van der Waals surface area (Å²) in [6.07, 6.45) is 3.73. The van der Waals surface area contributed by atoms with Crippen LogP contribution in [-0.2, 0) is 18.3 Å². The minimum Gasteiger partial charge on any atom is -0.449 e. The van der Waals surface area contributed by atoms with Crippen molar-refractivity contribution in [3.63, 3.8) is 0 Å². The van der Waals surface area contributed by atoms with Gasteiger partial charge in [-0.1, -0.05) is 13.8 Å². The van der Waals surface area contributed by atoms with Gasteiger partial charge in [-0.2, -0.15) is 0 Å². The van der Waals surface area contributed by atoms with Crippen LogP contribution in [0.4, 0.5) is 4.79 Å². The molecule has 0 saturated carbocycles. The molecule has 2 aromatic heterocycles. The first-order valence-corrected chi connectivity index (χ1v) is 7.17. The predicted octanol–water partition coefficient (Wildman–Crippen LogP) is 1.04. The standard InChI is InChI=1S/C14H21N5O3/c1-10(2)5-8-22-14(21)18(4)9-11-15-16-12-13(20)17(3)6-7-19(11)12/h6-7,10H,5,8-9H2,1-4H3. The topological polar surface area (TPSA) is 81.7 Å². The van der Waals surface area contributed by atoms with Gasteiger partial charge in [-0.05, 0) is 12.3 Å². The van der Waals surface area contributed by atoms with Crippen LogP contribution in [0.5, 0.6) is 0 Å². The smallest absolute Gasteiger partial charge is 0.409 e. The second kappa shape index (κ2) is 6.59. The van der Waals surface area contributed by atoms with E-state index in [0.29, 0.717) is 18.3 Å². The van der Waals surface area contributed by atoms with Crippen molar-refractivity contribution in [2.24, 2.45) is 13.0 Å². The molecule has 0 saturated heterocycles. The highest BCUT2D eigenvalue weighted by molar-refractivity contribution is 5.67. The van der Waals surface area contributed by atoms with E-state index in [9.17, 15) is 9.59 Å². The van der Waals surface area contributed by atoms with Crippen molar-refractivity contribution < 1.29 is 9.53 Å². The lowest BCUT2D eigenvalue weighted by Gasteiger charge is -2.16. The predicted molar refractivity (Wildman–Crippen MR) is 80.5 cm³/mol. The molecule has 0 aliphatic rings. The van der Waals surface area contributed by atoms with Crippen LogP contribution < -0.4 is 5.56 Å². The Morgan fingerprint density at radius 1 is 1.36 bits per heavy atom. The number of nitrogens with zero attached hydrogens (tertiary/aromatic N) is 5. The third-order valence-corrected chi connectivity index (χ3v) is 3.33. The van der Waals surface area contributed by atoms with Gasteiger partial charge >= 0.3 is 6.09 Å². The molecule has 2 aromatic rings. The molecule has 0 spiro atoms. The second-order valence-electron chi connectivity index (χ2n) is 5.68. The fourth-order valence-corrected chi connectivity index (χ4v) is 1.89. The van der Waals surface area contributed by atoms with E-state index in [2.05, 4.69) is 24.0 Å². The SMILES string of the molecule is CC(C)CCOC(=O)N(C)Cc1nnc2c(=O)n(C)ccn12. The molecule has 0 bridgehead atoms. The van der Waals surface area contributed by atoms with Gasteiger partial charge in [-0.3, -0.25) is 9.20 Å². The van der Waals surface area contributed by atoms with Gasteiger partial charge < -0.3 is 14.2 Å². The highest BCUT2D eigenvalue weighted by atomic mass is 16.6. The second-order valence-corrected chi connectivity index (χ2v) is 5.68. The van der Waals surface area contributed by atoms with Crippen LogP contribution in [0.1, 0.15) is 26.1 Å². The molecule has 1 amide bonds. The van der Waals surface area contributed by atoms with Crippen LogP contribution in [0.3, 0.4) is 0 Å². The van der Waals surface area contributed by atoms with Crippen LogP contribution in [-0.4, -0.2) is 43.8 Å². The Morgan fingerprint density at radius 3 is 2.77 bits per heavy atom. The number of carbonyl (C=O) groups is 1. The number of fused-ring (bicyclic) bond motifs is 1. The van der Waals surface area contributed by atoms with Gasteiger partial charge in [0, 0.05) is 26.5 Å². The zero-order valence-electron chi connectivity index (χ0n) is 13.3. The molecule has 8 heteroatoms. The van der Waals surface area contributed by atoms with Crippen molar-refractivity contribution in [2.75, 3.05) is 13.7 Å². The van der Waals surface area contributed by atoms with E-state index >= 15 is 0 Å². The zero-order chi connectivity index (χ0) is 16.3. The normalized spacial score (nSPS) is 11.1. The lowest BCUT2D eigenvalue weighted by molar-refractivity contribution is 0.104. The van der Waals surface area contributed by atoms with Crippen molar-refractivity contribution in [1.29, 1.82) is 0 Å². The molecule has 22 heavy (non-hydrogen) atoms. The lowest BCUT2D eigenvalue weighted by Crippen LogP contribution is -2.28. The largest absolute Gasteiger partial charge is 0.449 e. The first-order valence-electron chi connectivity index (χ1n) is 7.17. The molecule has 0 aliphatic carbocycles. The summed E-state index contributed by atoms with van der Waals surface area (Å²) < 4.78 is 8.19. The third-order valence-electron chi connectivity index (χ3n) is 3.33. The molecule has 120 valence electrons. The van der Waals surface area contributed by atoms with E-state index in [1.165, 1.54) is 9.47 Å². The molecule has 0 atom stereocenters. The fraction of sp³-hybridized carbons (Fsp3) is 0.571. The number of aromatic nitrogens is 4. The summed E-state index contributed by atoms with van der Waals surface area (Å²) in [5, 5.41) is 7.86. The van der Waals surface area contributed by atoms with E-state index in [1.54, 1.807) is 30.9 Å². The molecule has 0 N–H and O–H groups in total. The van der Waals surface area contributed by atoms with Crippen molar-refractivity contribution in [3.05, 3.63) is 28.6 Å². The average Bonchev–Trinajstić information content (AvgIpc) is 2.86. The Morgan fingerprint density at radius 2 is 2.09 bits per heavy atom. The number of hydrogen-bond acceptors (Lipinski definition) is 5. The molecule has 0 aromatic carbocycles. The van der Waals surface area contributed by atoms with Crippen molar-refractivity contribution in [1.82, 2.24) is 24.1 Å². The van der Waals surface area contributed by atoms with Gasteiger partial charge in [-0.15, -0.1) is 10.2 Å². The van der Waals surface area contributed by atoms with Gasteiger partial charge in [0.05, 0.1) is 13.2 Å². The minimum atomic E-state index is -0.416. The molecule has 2 heterocycles. The molecular weight excluding hydrogens is 286 g/mol. The van der Waals surface area contributed by atoms with Crippen LogP contribution in [0.15, 0.2) is 17.2 Å². The van der Waals surface area contributed by atoms with Crippen molar-refractivity contribution in [2.45, 2.75) is 26.8 Å². The summed E-state index contributed by atoms with van der Waals surface area (Å²) in [7, 11) is 3.27. The van der Waals surface area contributed by atoms with Crippen molar-refractivity contribution in [3.8, 4) is 0 Å². The summed E-state index contributed by atoms with van der Waals surface area (Å²) in [6, 6.07) is 0. The Kier molecular flexibility index (Phi) is 4.79. The van der Waals surface area contributed by atoms with Crippen LogP contribution in [0.25, 0.3) is 5.65 Å².